The standard InChI is InChI=1S/C15H24N2O/c1-11-5-12(2)7-14(6-11)9-15(17-16)8-13-3-4-18-10-13/h5-7,13,15,17H,3-4,8-10,16H2,1-2H3. The maximum Gasteiger partial charge on any atom is 0.0495 e. The zero-order chi connectivity index (χ0) is 13.0. The first kappa shape index (κ1) is 13.5. The zero-order valence-corrected chi connectivity index (χ0v) is 11.4. The van der Waals surface area contributed by atoms with Gasteiger partial charge in [0.05, 0.1) is 0 Å². The number of nitrogens with two attached hydrogens (primary N) is 1. The molecule has 0 aliphatic carbocycles. The average molecular weight is 248 g/mol. The minimum Gasteiger partial charge on any atom is -0.381 e. The topological polar surface area (TPSA) is 47.3 Å². The molecule has 18 heavy (non-hydrogen) atoms. The molecule has 1 fully saturated rings. The highest BCUT2D eigenvalue weighted by Gasteiger charge is 2.20. The molecule has 100 valence electrons. The summed E-state index contributed by atoms with van der Waals surface area (Å²) in [6.07, 6.45) is 3.27. The van der Waals surface area contributed by atoms with Crippen LogP contribution in [0.1, 0.15) is 29.5 Å². The fourth-order valence-electron chi connectivity index (χ4n) is 2.85. The van der Waals surface area contributed by atoms with Crippen LogP contribution in [0, 0.1) is 19.8 Å². The van der Waals surface area contributed by atoms with Gasteiger partial charge in [0, 0.05) is 19.3 Å². The van der Waals surface area contributed by atoms with E-state index in [1.165, 1.54) is 23.1 Å². The van der Waals surface area contributed by atoms with Gasteiger partial charge in [-0.05, 0) is 44.6 Å². The third-order valence-corrected chi connectivity index (χ3v) is 3.64. The summed E-state index contributed by atoms with van der Waals surface area (Å²) in [4.78, 5) is 0. The van der Waals surface area contributed by atoms with Gasteiger partial charge in [0.1, 0.15) is 0 Å². The molecule has 0 amide bonds. The van der Waals surface area contributed by atoms with E-state index in [9.17, 15) is 0 Å². The highest BCUT2D eigenvalue weighted by atomic mass is 16.5. The van der Waals surface area contributed by atoms with Crippen molar-refractivity contribution in [2.24, 2.45) is 11.8 Å². The van der Waals surface area contributed by atoms with Crippen molar-refractivity contribution >= 4 is 0 Å². The van der Waals surface area contributed by atoms with E-state index in [4.69, 9.17) is 10.6 Å². The second kappa shape index (κ2) is 6.32. The number of hydrogen-bond donors (Lipinski definition) is 2. The van der Waals surface area contributed by atoms with Gasteiger partial charge in [-0.3, -0.25) is 11.3 Å². The molecule has 0 bridgehead atoms. The molecule has 1 aliphatic heterocycles. The summed E-state index contributed by atoms with van der Waals surface area (Å²) in [6, 6.07) is 7.06. The van der Waals surface area contributed by atoms with Crippen LogP contribution in [0.5, 0.6) is 0 Å². The van der Waals surface area contributed by atoms with Gasteiger partial charge in [-0.15, -0.1) is 0 Å². The van der Waals surface area contributed by atoms with Crippen molar-refractivity contribution in [2.45, 2.75) is 39.2 Å². The number of nitrogens with one attached hydrogen (secondary N) is 1. The molecule has 3 N–H and O–H groups in total. The van der Waals surface area contributed by atoms with Gasteiger partial charge in [0.25, 0.3) is 0 Å². The van der Waals surface area contributed by atoms with Crippen molar-refractivity contribution in [2.75, 3.05) is 13.2 Å². The number of rotatable bonds is 5. The lowest BCUT2D eigenvalue weighted by molar-refractivity contribution is 0.181. The van der Waals surface area contributed by atoms with Crippen LogP contribution in [-0.4, -0.2) is 19.3 Å². The van der Waals surface area contributed by atoms with E-state index >= 15 is 0 Å². The van der Waals surface area contributed by atoms with E-state index in [1.807, 2.05) is 0 Å². The monoisotopic (exact) mass is 248 g/mol. The SMILES string of the molecule is Cc1cc(C)cc(CC(CC2CCOC2)NN)c1. The Balaban J connectivity index is 1.95. The van der Waals surface area contributed by atoms with E-state index in [-0.39, 0.29) is 0 Å². The Morgan fingerprint density at radius 2 is 2.06 bits per heavy atom. The first-order chi connectivity index (χ1) is 8.67. The number of hydrogen-bond acceptors (Lipinski definition) is 3. The summed E-state index contributed by atoms with van der Waals surface area (Å²) in [5.41, 5.74) is 6.98. The van der Waals surface area contributed by atoms with E-state index < -0.39 is 0 Å². The molecule has 3 heteroatoms. The largest absolute Gasteiger partial charge is 0.381 e. The zero-order valence-electron chi connectivity index (χ0n) is 11.4. The normalized spacial score (nSPS) is 21.2. The summed E-state index contributed by atoms with van der Waals surface area (Å²) in [6.45, 7) is 6.09. The predicted molar refractivity (Wildman–Crippen MR) is 74.3 cm³/mol. The quantitative estimate of drug-likeness (QED) is 0.620. The van der Waals surface area contributed by atoms with E-state index in [0.717, 1.165) is 26.1 Å². The van der Waals surface area contributed by atoms with E-state index in [0.29, 0.717) is 12.0 Å². The van der Waals surface area contributed by atoms with Crippen LogP contribution in [0.3, 0.4) is 0 Å². The van der Waals surface area contributed by atoms with Gasteiger partial charge < -0.3 is 4.74 Å². The summed E-state index contributed by atoms with van der Waals surface area (Å²) in [7, 11) is 0. The smallest absolute Gasteiger partial charge is 0.0495 e. The summed E-state index contributed by atoms with van der Waals surface area (Å²) in [5.74, 6) is 6.35. The van der Waals surface area contributed by atoms with Crippen molar-refractivity contribution in [3.05, 3.63) is 34.9 Å². The molecule has 0 saturated carbocycles. The molecule has 1 saturated heterocycles. The second-order valence-corrected chi connectivity index (χ2v) is 5.53. The Kier molecular flexibility index (Phi) is 4.75. The van der Waals surface area contributed by atoms with Crippen LogP contribution >= 0.6 is 0 Å². The molecule has 0 spiro atoms. The van der Waals surface area contributed by atoms with Crippen LogP contribution < -0.4 is 11.3 Å². The van der Waals surface area contributed by atoms with Gasteiger partial charge >= 0.3 is 0 Å². The predicted octanol–water partition coefficient (Wildman–Crippen LogP) is 2.10. The van der Waals surface area contributed by atoms with Crippen LogP contribution in [0.2, 0.25) is 0 Å². The lowest BCUT2D eigenvalue weighted by Crippen LogP contribution is -2.38. The minimum absolute atomic E-state index is 0.345. The Bertz CT molecular complexity index is 366. The number of ether oxygens (including phenoxy) is 1. The molecule has 1 heterocycles. The highest BCUT2D eigenvalue weighted by molar-refractivity contribution is 5.29. The van der Waals surface area contributed by atoms with Crippen LogP contribution in [0.15, 0.2) is 18.2 Å². The van der Waals surface area contributed by atoms with Crippen molar-refractivity contribution in [3.63, 3.8) is 0 Å². The van der Waals surface area contributed by atoms with Gasteiger partial charge in [-0.2, -0.15) is 0 Å². The van der Waals surface area contributed by atoms with Gasteiger partial charge in [0.2, 0.25) is 0 Å². The van der Waals surface area contributed by atoms with Crippen molar-refractivity contribution < 1.29 is 4.74 Å². The molecule has 0 aromatic heterocycles. The molecule has 1 aliphatic rings. The Morgan fingerprint density at radius 1 is 1.33 bits per heavy atom. The van der Waals surface area contributed by atoms with E-state index in [1.54, 1.807) is 0 Å². The van der Waals surface area contributed by atoms with Gasteiger partial charge in [-0.1, -0.05) is 29.3 Å². The van der Waals surface area contributed by atoms with Crippen LogP contribution in [0.25, 0.3) is 0 Å². The van der Waals surface area contributed by atoms with E-state index in [2.05, 4.69) is 37.5 Å². The second-order valence-electron chi connectivity index (χ2n) is 5.53. The third kappa shape index (κ3) is 3.80. The Labute approximate surface area is 110 Å². The summed E-state index contributed by atoms with van der Waals surface area (Å²) in [5, 5.41) is 0. The molecule has 2 rings (SSSR count). The van der Waals surface area contributed by atoms with Crippen molar-refractivity contribution in [1.82, 2.24) is 5.43 Å². The lowest BCUT2D eigenvalue weighted by Gasteiger charge is -2.19. The molecule has 3 nitrogen and oxygen atoms in total. The minimum atomic E-state index is 0.345. The number of aryl methyl sites for hydroxylation is 2. The Morgan fingerprint density at radius 3 is 2.61 bits per heavy atom. The van der Waals surface area contributed by atoms with Crippen LogP contribution in [-0.2, 0) is 11.2 Å². The first-order valence-corrected chi connectivity index (χ1v) is 6.78. The Hall–Kier alpha value is -0.900. The molecule has 0 radical (unpaired) electrons. The van der Waals surface area contributed by atoms with Gasteiger partial charge in [0.15, 0.2) is 0 Å². The van der Waals surface area contributed by atoms with Crippen molar-refractivity contribution in [1.29, 1.82) is 0 Å². The average Bonchev–Trinajstić information content (AvgIpc) is 2.79. The number of benzene rings is 1. The molecule has 1 aromatic rings. The first-order valence-electron chi connectivity index (χ1n) is 6.78. The lowest BCUT2D eigenvalue weighted by atomic mass is 9.94. The highest BCUT2D eigenvalue weighted by Crippen LogP contribution is 2.20. The third-order valence-electron chi connectivity index (χ3n) is 3.64. The maximum absolute atomic E-state index is 5.68. The van der Waals surface area contributed by atoms with Crippen LogP contribution in [0.4, 0.5) is 0 Å². The van der Waals surface area contributed by atoms with Crippen molar-refractivity contribution in [3.8, 4) is 0 Å². The van der Waals surface area contributed by atoms with Gasteiger partial charge in [-0.25, -0.2) is 0 Å². The fourth-order valence-corrected chi connectivity index (χ4v) is 2.85. The fraction of sp³-hybridized carbons (Fsp3) is 0.600. The summed E-state index contributed by atoms with van der Waals surface area (Å²) >= 11 is 0. The molecular weight excluding hydrogens is 224 g/mol. The summed E-state index contributed by atoms with van der Waals surface area (Å²) < 4.78 is 5.42. The maximum atomic E-state index is 5.68. The molecular formula is C15H24N2O. The molecule has 1 aromatic carbocycles. The molecule has 2 atom stereocenters. The number of hydrazine groups is 1. The molecule has 2 unspecified atom stereocenters.